The molecule has 1 saturated heterocycles. The van der Waals surface area contributed by atoms with Crippen LogP contribution in [0.1, 0.15) is 5.56 Å². The average Bonchev–Trinajstić information content (AvgIpc) is 2.56. The van der Waals surface area contributed by atoms with Crippen molar-refractivity contribution in [3.63, 3.8) is 0 Å². The second-order valence-corrected chi connectivity index (χ2v) is 7.18. The standard InChI is InChI=1S/C15H18N4O2S/c20-22(21,13-14-5-2-1-3-6-14)19-11-9-18(10-12-19)15-7-4-8-16-17-15/h1-8H,9-13H2. The smallest absolute Gasteiger partial charge is 0.218 e. The van der Waals surface area contributed by atoms with E-state index in [-0.39, 0.29) is 5.75 Å². The summed E-state index contributed by atoms with van der Waals surface area (Å²) in [6.45, 7) is 2.22. The summed E-state index contributed by atoms with van der Waals surface area (Å²) in [6.07, 6.45) is 1.63. The maximum atomic E-state index is 12.5. The lowest BCUT2D eigenvalue weighted by Gasteiger charge is -2.34. The number of nitrogens with zero attached hydrogens (tertiary/aromatic N) is 4. The van der Waals surface area contributed by atoms with Crippen molar-refractivity contribution in [2.45, 2.75) is 5.75 Å². The second kappa shape index (κ2) is 6.41. The molecule has 116 valence electrons. The van der Waals surface area contributed by atoms with Crippen molar-refractivity contribution in [2.75, 3.05) is 31.1 Å². The van der Waals surface area contributed by atoms with Gasteiger partial charge < -0.3 is 4.90 Å². The van der Waals surface area contributed by atoms with Crippen LogP contribution in [0, 0.1) is 0 Å². The topological polar surface area (TPSA) is 66.4 Å². The molecule has 1 aliphatic rings. The van der Waals surface area contributed by atoms with Crippen molar-refractivity contribution in [3.8, 4) is 0 Å². The van der Waals surface area contributed by atoms with Gasteiger partial charge in [-0.3, -0.25) is 0 Å². The quantitative estimate of drug-likeness (QED) is 0.845. The Morgan fingerprint density at radius 1 is 0.955 bits per heavy atom. The van der Waals surface area contributed by atoms with Gasteiger partial charge in [0.1, 0.15) is 0 Å². The largest absolute Gasteiger partial charge is 0.352 e. The Morgan fingerprint density at radius 2 is 1.68 bits per heavy atom. The number of anilines is 1. The number of sulfonamides is 1. The van der Waals surface area contributed by atoms with Crippen molar-refractivity contribution in [2.24, 2.45) is 0 Å². The molecule has 1 aromatic carbocycles. The maximum Gasteiger partial charge on any atom is 0.218 e. The molecule has 3 rings (SSSR count). The molecule has 7 heteroatoms. The zero-order valence-corrected chi connectivity index (χ0v) is 13.0. The van der Waals surface area contributed by atoms with Crippen LogP contribution < -0.4 is 4.90 Å². The SMILES string of the molecule is O=S(=O)(Cc1ccccc1)N1CCN(c2cccnn2)CC1. The predicted octanol–water partition coefficient (Wildman–Crippen LogP) is 1.13. The van der Waals surface area contributed by atoms with E-state index < -0.39 is 10.0 Å². The fourth-order valence-electron chi connectivity index (χ4n) is 2.53. The fraction of sp³-hybridized carbons (Fsp3) is 0.333. The van der Waals surface area contributed by atoms with Gasteiger partial charge in [0, 0.05) is 32.4 Å². The number of hydrogen-bond acceptors (Lipinski definition) is 5. The monoisotopic (exact) mass is 318 g/mol. The third kappa shape index (κ3) is 3.42. The van der Waals surface area contributed by atoms with E-state index in [0.717, 1.165) is 11.4 Å². The van der Waals surface area contributed by atoms with Gasteiger partial charge >= 0.3 is 0 Å². The minimum atomic E-state index is -3.27. The van der Waals surface area contributed by atoms with Crippen molar-refractivity contribution in [1.82, 2.24) is 14.5 Å². The Hall–Kier alpha value is -1.99. The lowest BCUT2D eigenvalue weighted by Crippen LogP contribution is -2.49. The van der Waals surface area contributed by atoms with Crippen molar-refractivity contribution >= 4 is 15.8 Å². The summed E-state index contributed by atoms with van der Waals surface area (Å²) >= 11 is 0. The molecular weight excluding hydrogens is 300 g/mol. The van der Waals surface area contributed by atoms with E-state index in [9.17, 15) is 8.42 Å². The zero-order valence-electron chi connectivity index (χ0n) is 12.2. The third-order valence-corrected chi connectivity index (χ3v) is 5.56. The van der Waals surface area contributed by atoms with Crippen LogP contribution in [-0.2, 0) is 15.8 Å². The van der Waals surface area contributed by atoms with Crippen LogP contribution in [0.2, 0.25) is 0 Å². The highest BCUT2D eigenvalue weighted by Crippen LogP contribution is 2.16. The molecule has 0 spiro atoms. The second-order valence-electron chi connectivity index (χ2n) is 5.21. The van der Waals surface area contributed by atoms with Gasteiger partial charge in [0.2, 0.25) is 10.0 Å². The summed E-state index contributed by atoms with van der Waals surface area (Å²) in [4.78, 5) is 2.06. The maximum absolute atomic E-state index is 12.5. The lowest BCUT2D eigenvalue weighted by molar-refractivity contribution is 0.383. The molecule has 1 aliphatic heterocycles. The molecule has 1 fully saturated rings. The molecule has 0 saturated carbocycles. The van der Waals surface area contributed by atoms with Gasteiger partial charge in [-0.05, 0) is 17.7 Å². The molecule has 0 unspecified atom stereocenters. The van der Waals surface area contributed by atoms with E-state index in [2.05, 4.69) is 15.1 Å². The summed E-state index contributed by atoms with van der Waals surface area (Å²) < 4.78 is 26.5. The molecule has 0 aliphatic carbocycles. The lowest BCUT2D eigenvalue weighted by atomic mass is 10.2. The first kappa shape index (κ1) is 14.9. The summed E-state index contributed by atoms with van der Waals surface area (Å²) in [5.74, 6) is 0.849. The van der Waals surface area contributed by atoms with Crippen LogP contribution in [0.5, 0.6) is 0 Å². The first-order valence-corrected chi connectivity index (χ1v) is 8.80. The van der Waals surface area contributed by atoms with E-state index >= 15 is 0 Å². The number of benzene rings is 1. The van der Waals surface area contributed by atoms with Crippen LogP contribution >= 0.6 is 0 Å². The third-order valence-electron chi connectivity index (χ3n) is 3.71. The molecule has 0 amide bonds. The summed E-state index contributed by atoms with van der Waals surface area (Å²) in [6, 6.07) is 13.0. The van der Waals surface area contributed by atoms with E-state index in [1.165, 1.54) is 0 Å². The van der Waals surface area contributed by atoms with Gasteiger partial charge in [-0.1, -0.05) is 30.3 Å². The van der Waals surface area contributed by atoms with E-state index in [0.29, 0.717) is 26.2 Å². The van der Waals surface area contributed by atoms with Crippen LogP contribution in [-0.4, -0.2) is 49.1 Å². The number of piperazine rings is 1. The molecule has 2 aromatic rings. The predicted molar refractivity (Wildman–Crippen MR) is 84.9 cm³/mol. The Balaban J connectivity index is 1.63. The molecule has 0 radical (unpaired) electrons. The van der Waals surface area contributed by atoms with Crippen molar-refractivity contribution in [3.05, 3.63) is 54.2 Å². The number of aromatic nitrogens is 2. The molecule has 1 aromatic heterocycles. The van der Waals surface area contributed by atoms with Crippen LogP contribution in [0.25, 0.3) is 0 Å². The molecule has 0 atom stereocenters. The molecule has 0 bridgehead atoms. The van der Waals surface area contributed by atoms with Crippen LogP contribution in [0.15, 0.2) is 48.7 Å². The molecule has 2 heterocycles. The summed E-state index contributed by atoms with van der Waals surface area (Å²) in [7, 11) is -3.27. The first-order chi connectivity index (χ1) is 10.6. The first-order valence-electron chi connectivity index (χ1n) is 7.19. The van der Waals surface area contributed by atoms with E-state index in [1.807, 2.05) is 42.5 Å². The molecular formula is C15H18N4O2S. The number of rotatable bonds is 4. The highest BCUT2D eigenvalue weighted by molar-refractivity contribution is 7.88. The Morgan fingerprint density at radius 3 is 2.32 bits per heavy atom. The highest BCUT2D eigenvalue weighted by Gasteiger charge is 2.27. The minimum absolute atomic E-state index is 0.0545. The van der Waals surface area contributed by atoms with E-state index in [1.54, 1.807) is 10.5 Å². The molecule has 6 nitrogen and oxygen atoms in total. The Kier molecular flexibility index (Phi) is 4.35. The normalized spacial score (nSPS) is 16.6. The van der Waals surface area contributed by atoms with Gasteiger partial charge in [-0.25, -0.2) is 8.42 Å². The van der Waals surface area contributed by atoms with Crippen molar-refractivity contribution in [1.29, 1.82) is 0 Å². The fourth-order valence-corrected chi connectivity index (χ4v) is 4.05. The van der Waals surface area contributed by atoms with Gasteiger partial charge in [0.05, 0.1) is 5.75 Å². The van der Waals surface area contributed by atoms with E-state index in [4.69, 9.17) is 0 Å². The minimum Gasteiger partial charge on any atom is -0.352 e. The van der Waals surface area contributed by atoms with Crippen LogP contribution in [0.3, 0.4) is 0 Å². The Labute approximate surface area is 130 Å². The average molecular weight is 318 g/mol. The van der Waals surface area contributed by atoms with Gasteiger partial charge in [0.15, 0.2) is 5.82 Å². The summed E-state index contributed by atoms with van der Waals surface area (Å²) in [5.41, 5.74) is 0.818. The summed E-state index contributed by atoms with van der Waals surface area (Å²) in [5, 5.41) is 7.93. The Bertz CT molecular complexity index is 699. The zero-order chi connectivity index (χ0) is 15.4. The highest BCUT2D eigenvalue weighted by atomic mass is 32.2. The van der Waals surface area contributed by atoms with Gasteiger partial charge in [-0.15, -0.1) is 5.10 Å². The number of hydrogen-bond donors (Lipinski definition) is 0. The van der Waals surface area contributed by atoms with Gasteiger partial charge in [-0.2, -0.15) is 9.40 Å². The van der Waals surface area contributed by atoms with Crippen LogP contribution in [0.4, 0.5) is 5.82 Å². The van der Waals surface area contributed by atoms with Crippen molar-refractivity contribution < 1.29 is 8.42 Å². The molecule has 22 heavy (non-hydrogen) atoms. The molecule has 0 N–H and O–H groups in total. The van der Waals surface area contributed by atoms with Gasteiger partial charge in [0.25, 0.3) is 0 Å².